The van der Waals surface area contributed by atoms with E-state index in [0.29, 0.717) is 6.41 Å². The summed E-state index contributed by atoms with van der Waals surface area (Å²) in [5.41, 5.74) is 1.87. The monoisotopic (exact) mass is 186 g/mol. The van der Waals surface area contributed by atoms with Crippen molar-refractivity contribution in [2.24, 2.45) is 0 Å². The summed E-state index contributed by atoms with van der Waals surface area (Å²) in [6.45, 7) is 0. The van der Waals surface area contributed by atoms with E-state index in [1.54, 1.807) is 0 Å². The number of amides is 1. The third-order valence-electron chi connectivity index (χ3n) is 1.97. The van der Waals surface area contributed by atoms with Gasteiger partial charge in [-0.3, -0.25) is 4.79 Å². The minimum atomic E-state index is 0.671. The minimum Gasteiger partial charge on any atom is -0.327 e. The van der Waals surface area contributed by atoms with E-state index in [9.17, 15) is 4.79 Å². The molecule has 2 rings (SSSR count). The Hall–Kier alpha value is -2.03. The van der Waals surface area contributed by atoms with Crippen LogP contribution >= 0.6 is 0 Å². The lowest BCUT2D eigenvalue weighted by atomic mass is 10.3. The molecule has 0 bridgehead atoms. The molecule has 1 amide bonds. The number of nitrogens with one attached hydrogen (secondary N) is 1. The topological polar surface area (TPSA) is 34.0 Å². The average Bonchev–Trinajstić information content (AvgIpc) is 2.68. The second-order valence-electron chi connectivity index (χ2n) is 2.91. The van der Waals surface area contributed by atoms with Gasteiger partial charge in [0.25, 0.3) is 0 Å². The van der Waals surface area contributed by atoms with E-state index in [1.807, 2.05) is 53.4 Å². The van der Waals surface area contributed by atoms with E-state index in [0.717, 1.165) is 11.4 Å². The summed E-state index contributed by atoms with van der Waals surface area (Å²) in [5, 5.41) is 2.60. The smallest absolute Gasteiger partial charge is 0.211 e. The van der Waals surface area contributed by atoms with Crippen molar-refractivity contribution in [1.29, 1.82) is 0 Å². The van der Waals surface area contributed by atoms with Gasteiger partial charge in [-0.25, -0.2) is 0 Å². The Labute approximate surface area is 82.0 Å². The zero-order valence-corrected chi connectivity index (χ0v) is 7.55. The van der Waals surface area contributed by atoms with Crippen molar-refractivity contribution >= 4 is 12.1 Å². The maximum Gasteiger partial charge on any atom is 0.211 e. The Kier molecular flexibility index (Phi) is 2.32. The fraction of sp³-hybridized carbons (Fsp3) is 0. The third-order valence-corrected chi connectivity index (χ3v) is 1.97. The first-order chi connectivity index (χ1) is 6.90. The van der Waals surface area contributed by atoms with Gasteiger partial charge in [-0.15, -0.1) is 0 Å². The van der Waals surface area contributed by atoms with Gasteiger partial charge in [0.15, 0.2) is 0 Å². The number of carbonyl (C=O) groups is 1. The Bertz CT molecular complexity index is 420. The molecular formula is C11H10N2O. The molecule has 70 valence electrons. The highest BCUT2D eigenvalue weighted by molar-refractivity contribution is 5.70. The van der Waals surface area contributed by atoms with Gasteiger partial charge in [-0.1, -0.05) is 18.2 Å². The van der Waals surface area contributed by atoms with Gasteiger partial charge in [0.2, 0.25) is 6.41 Å². The zero-order chi connectivity index (χ0) is 9.80. The number of hydrogen-bond acceptors (Lipinski definition) is 1. The first-order valence-electron chi connectivity index (χ1n) is 4.34. The molecule has 3 heteroatoms. The maximum absolute atomic E-state index is 10.2. The maximum atomic E-state index is 10.2. The third kappa shape index (κ3) is 1.66. The number of benzene rings is 1. The highest BCUT2D eigenvalue weighted by Gasteiger charge is 1.96. The summed E-state index contributed by atoms with van der Waals surface area (Å²) in [4.78, 5) is 10.2. The number of carbonyl (C=O) groups excluding carboxylic acids is 1. The molecule has 0 saturated carbocycles. The lowest BCUT2D eigenvalue weighted by molar-refractivity contribution is -0.105. The Morgan fingerprint density at radius 3 is 2.64 bits per heavy atom. The van der Waals surface area contributed by atoms with E-state index in [4.69, 9.17) is 0 Å². The van der Waals surface area contributed by atoms with E-state index in [-0.39, 0.29) is 0 Å². The van der Waals surface area contributed by atoms with Gasteiger partial charge in [0.1, 0.15) is 0 Å². The van der Waals surface area contributed by atoms with Crippen LogP contribution in [0, 0.1) is 0 Å². The second kappa shape index (κ2) is 3.79. The van der Waals surface area contributed by atoms with Crippen LogP contribution in [0.15, 0.2) is 48.8 Å². The van der Waals surface area contributed by atoms with Crippen LogP contribution < -0.4 is 5.32 Å². The summed E-state index contributed by atoms with van der Waals surface area (Å²) in [5.74, 6) is 0. The molecule has 3 nitrogen and oxygen atoms in total. The van der Waals surface area contributed by atoms with Crippen molar-refractivity contribution in [3.63, 3.8) is 0 Å². The number of rotatable bonds is 3. The van der Waals surface area contributed by atoms with E-state index in [2.05, 4.69) is 5.32 Å². The van der Waals surface area contributed by atoms with Crippen LogP contribution in [0.25, 0.3) is 5.69 Å². The molecule has 0 atom stereocenters. The fourth-order valence-electron chi connectivity index (χ4n) is 1.31. The van der Waals surface area contributed by atoms with Crippen LogP contribution in [0.4, 0.5) is 5.69 Å². The van der Waals surface area contributed by atoms with Gasteiger partial charge < -0.3 is 9.88 Å². The quantitative estimate of drug-likeness (QED) is 0.731. The molecule has 0 saturated heterocycles. The number of para-hydroxylation sites is 1. The molecule has 1 N–H and O–H groups in total. The number of anilines is 1. The van der Waals surface area contributed by atoms with Crippen molar-refractivity contribution in [2.75, 3.05) is 5.32 Å². The summed E-state index contributed by atoms with van der Waals surface area (Å²) >= 11 is 0. The molecule has 2 aromatic rings. The van der Waals surface area contributed by atoms with Gasteiger partial charge in [0, 0.05) is 18.1 Å². The van der Waals surface area contributed by atoms with Gasteiger partial charge in [-0.2, -0.15) is 0 Å². The highest BCUT2D eigenvalue weighted by Crippen LogP contribution is 2.12. The van der Waals surface area contributed by atoms with E-state index >= 15 is 0 Å². The molecule has 0 aliphatic carbocycles. The predicted octanol–water partition coefficient (Wildman–Crippen LogP) is 2.05. The Balaban J connectivity index is 2.29. The van der Waals surface area contributed by atoms with Crippen molar-refractivity contribution in [1.82, 2.24) is 4.57 Å². The van der Waals surface area contributed by atoms with Crippen LogP contribution in [-0.4, -0.2) is 11.0 Å². The summed E-state index contributed by atoms with van der Waals surface area (Å²) in [6, 6.07) is 11.8. The summed E-state index contributed by atoms with van der Waals surface area (Å²) in [7, 11) is 0. The SMILES string of the molecule is O=CNc1ccn(-c2ccccc2)c1. The van der Waals surface area contributed by atoms with E-state index < -0.39 is 0 Å². The van der Waals surface area contributed by atoms with Crippen molar-refractivity contribution in [3.8, 4) is 5.69 Å². The molecule has 1 aromatic heterocycles. The van der Waals surface area contributed by atoms with Crippen molar-refractivity contribution in [3.05, 3.63) is 48.8 Å². The molecule has 0 fully saturated rings. The standard InChI is InChI=1S/C11H10N2O/c14-9-12-10-6-7-13(8-10)11-4-2-1-3-5-11/h1-9H,(H,12,14). The van der Waals surface area contributed by atoms with Crippen LogP contribution in [0.1, 0.15) is 0 Å². The van der Waals surface area contributed by atoms with Crippen molar-refractivity contribution in [2.45, 2.75) is 0 Å². The first kappa shape index (κ1) is 8.56. The molecule has 14 heavy (non-hydrogen) atoms. The molecule has 0 radical (unpaired) electrons. The highest BCUT2D eigenvalue weighted by atomic mass is 16.1. The molecule has 1 aromatic carbocycles. The molecule has 0 unspecified atom stereocenters. The largest absolute Gasteiger partial charge is 0.327 e. The van der Waals surface area contributed by atoms with Crippen LogP contribution in [-0.2, 0) is 4.79 Å². The van der Waals surface area contributed by atoms with Crippen molar-refractivity contribution < 1.29 is 4.79 Å². The first-order valence-corrected chi connectivity index (χ1v) is 4.34. The summed E-state index contributed by atoms with van der Waals surface area (Å²) in [6.07, 6.45) is 4.44. The Morgan fingerprint density at radius 2 is 1.93 bits per heavy atom. The van der Waals surface area contributed by atoms with Gasteiger partial charge in [-0.05, 0) is 18.2 Å². The predicted molar refractivity (Wildman–Crippen MR) is 55.5 cm³/mol. The molecule has 0 aliphatic heterocycles. The van der Waals surface area contributed by atoms with Crippen LogP contribution in [0.5, 0.6) is 0 Å². The number of hydrogen-bond donors (Lipinski definition) is 1. The lowest BCUT2D eigenvalue weighted by Gasteiger charge is -2.00. The fourth-order valence-corrected chi connectivity index (χ4v) is 1.31. The zero-order valence-electron chi connectivity index (χ0n) is 7.55. The average molecular weight is 186 g/mol. The Morgan fingerprint density at radius 1 is 1.14 bits per heavy atom. The normalized spacial score (nSPS) is 9.71. The molecule has 0 spiro atoms. The summed E-state index contributed by atoms with van der Waals surface area (Å²) < 4.78 is 1.95. The molecular weight excluding hydrogens is 176 g/mol. The van der Waals surface area contributed by atoms with Crippen LogP contribution in [0.3, 0.4) is 0 Å². The lowest BCUT2D eigenvalue weighted by Crippen LogP contribution is -1.92. The van der Waals surface area contributed by atoms with Gasteiger partial charge in [0.05, 0.1) is 5.69 Å². The van der Waals surface area contributed by atoms with Gasteiger partial charge >= 0.3 is 0 Å². The molecule has 0 aliphatic rings. The van der Waals surface area contributed by atoms with E-state index in [1.165, 1.54) is 0 Å². The van der Waals surface area contributed by atoms with Crippen LogP contribution in [0.2, 0.25) is 0 Å². The number of nitrogens with zero attached hydrogens (tertiary/aromatic N) is 1. The second-order valence-corrected chi connectivity index (χ2v) is 2.91. The number of aromatic nitrogens is 1. The minimum absolute atomic E-state index is 0.671. The molecule has 1 heterocycles.